The van der Waals surface area contributed by atoms with Crippen LogP contribution in [0.4, 0.5) is 5.95 Å². The van der Waals surface area contributed by atoms with E-state index in [1.807, 2.05) is 6.92 Å². The van der Waals surface area contributed by atoms with E-state index in [1.54, 1.807) is 0 Å². The van der Waals surface area contributed by atoms with Crippen molar-refractivity contribution in [3.8, 4) is 0 Å². The maximum absolute atomic E-state index is 5.87. The summed E-state index contributed by atoms with van der Waals surface area (Å²) in [6.07, 6.45) is 6.09. The molecule has 2 fully saturated rings. The highest BCUT2D eigenvalue weighted by Crippen LogP contribution is 2.37. The molecule has 1 saturated carbocycles. The Labute approximate surface area is 131 Å². The van der Waals surface area contributed by atoms with Crippen LogP contribution < -0.4 is 4.90 Å². The standard InChI is InChI=1S/C17H24N4O/c1-3-20-16(11-13-7-8-13)18-19-17(20)21-10-4-5-14(21)15-9-6-12(2)22-15/h6,9,13-14H,3-5,7-8,10-11H2,1-2H3. The van der Waals surface area contributed by atoms with Crippen molar-refractivity contribution in [1.82, 2.24) is 14.8 Å². The van der Waals surface area contributed by atoms with E-state index in [-0.39, 0.29) is 0 Å². The van der Waals surface area contributed by atoms with Crippen molar-refractivity contribution in [3.63, 3.8) is 0 Å². The van der Waals surface area contributed by atoms with Crippen molar-refractivity contribution in [1.29, 1.82) is 0 Å². The minimum absolute atomic E-state index is 0.303. The fourth-order valence-electron chi connectivity index (χ4n) is 3.53. The summed E-state index contributed by atoms with van der Waals surface area (Å²) < 4.78 is 8.17. The number of aromatic nitrogens is 3. The van der Waals surface area contributed by atoms with E-state index in [1.165, 1.54) is 19.3 Å². The molecule has 1 unspecified atom stereocenters. The van der Waals surface area contributed by atoms with Crippen molar-refractivity contribution in [2.24, 2.45) is 5.92 Å². The molecule has 2 aromatic rings. The molecule has 0 aromatic carbocycles. The number of rotatable bonds is 5. The molecule has 4 rings (SSSR count). The van der Waals surface area contributed by atoms with E-state index in [0.29, 0.717) is 6.04 Å². The van der Waals surface area contributed by atoms with Crippen LogP contribution in [-0.4, -0.2) is 21.3 Å². The highest BCUT2D eigenvalue weighted by atomic mass is 16.3. The van der Waals surface area contributed by atoms with Gasteiger partial charge in [0.15, 0.2) is 0 Å². The first kappa shape index (κ1) is 13.9. The molecule has 3 heterocycles. The topological polar surface area (TPSA) is 47.1 Å². The van der Waals surface area contributed by atoms with E-state index in [4.69, 9.17) is 4.42 Å². The van der Waals surface area contributed by atoms with Gasteiger partial charge in [0.2, 0.25) is 5.95 Å². The zero-order valence-electron chi connectivity index (χ0n) is 13.5. The lowest BCUT2D eigenvalue weighted by Gasteiger charge is -2.24. The van der Waals surface area contributed by atoms with E-state index < -0.39 is 0 Å². The van der Waals surface area contributed by atoms with Gasteiger partial charge in [0.1, 0.15) is 17.3 Å². The van der Waals surface area contributed by atoms with Crippen molar-refractivity contribution in [3.05, 3.63) is 29.5 Å². The highest BCUT2D eigenvalue weighted by Gasteiger charge is 2.33. The third-order valence-corrected chi connectivity index (χ3v) is 4.89. The Morgan fingerprint density at radius 3 is 2.77 bits per heavy atom. The molecule has 22 heavy (non-hydrogen) atoms. The predicted molar refractivity (Wildman–Crippen MR) is 84.9 cm³/mol. The Bertz CT molecular complexity index is 655. The lowest BCUT2D eigenvalue weighted by Crippen LogP contribution is -2.26. The normalized spacial score (nSPS) is 21.7. The zero-order chi connectivity index (χ0) is 15.1. The number of aryl methyl sites for hydroxylation is 1. The molecule has 1 aliphatic carbocycles. The van der Waals surface area contributed by atoms with Crippen LogP contribution in [0, 0.1) is 12.8 Å². The Morgan fingerprint density at radius 2 is 2.09 bits per heavy atom. The van der Waals surface area contributed by atoms with Gasteiger partial charge in [-0.3, -0.25) is 4.57 Å². The largest absolute Gasteiger partial charge is 0.464 e. The molecule has 1 saturated heterocycles. The Kier molecular flexibility index (Phi) is 3.43. The summed E-state index contributed by atoms with van der Waals surface area (Å²) in [7, 11) is 0. The maximum atomic E-state index is 5.87. The predicted octanol–water partition coefficient (Wildman–Crippen LogP) is 3.49. The smallest absolute Gasteiger partial charge is 0.227 e. The first-order chi connectivity index (χ1) is 10.8. The molecular formula is C17H24N4O. The summed E-state index contributed by atoms with van der Waals surface area (Å²) in [6, 6.07) is 4.46. The molecule has 1 atom stereocenters. The number of hydrogen-bond acceptors (Lipinski definition) is 4. The molecule has 1 aliphatic heterocycles. The highest BCUT2D eigenvalue weighted by molar-refractivity contribution is 5.37. The van der Waals surface area contributed by atoms with Crippen LogP contribution in [0.25, 0.3) is 0 Å². The minimum Gasteiger partial charge on any atom is -0.464 e. The van der Waals surface area contributed by atoms with Crippen LogP contribution in [0.15, 0.2) is 16.5 Å². The quantitative estimate of drug-likeness (QED) is 0.848. The Morgan fingerprint density at radius 1 is 1.23 bits per heavy atom. The van der Waals surface area contributed by atoms with Gasteiger partial charge in [-0.05, 0) is 57.6 Å². The van der Waals surface area contributed by atoms with Gasteiger partial charge >= 0.3 is 0 Å². The summed E-state index contributed by atoms with van der Waals surface area (Å²) in [4.78, 5) is 2.38. The maximum Gasteiger partial charge on any atom is 0.227 e. The third kappa shape index (κ3) is 2.42. The van der Waals surface area contributed by atoms with Crippen molar-refractivity contribution in [2.75, 3.05) is 11.4 Å². The van der Waals surface area contributed by atoms with Crippen LogP contribution in [0.3, 0.4) is 0 Å². The summed E-state index contributed by atoms with van der Waals surface area (Å²) in [6.45, 7) is 6.16. The van der Waals surface area contributed by atoms with Gasteiger partial charge in [-0.2, -0.15) is 0 Å². The van der Waals surface area contributed by atoms with Crippen LogP contribution in [0.5, 0.6) is 0 Å². The van der Waals surface area contributed by atoms with Crippen molar-refractivity contribution < 1.29 is 4.42 Å². The van der Waals surface area contributed by atoms with Crippen LogP contribution >= 0.6 is 0 Å². The fourth-order valence-corrected chi connectivity index (χ4v) is 3.53. The van der Waals surface area contributed by atoms with Gasteiger partial charge in [-0.1, -0.05) is 0 Å². The van der Waals surface area contributed by atoms with Crippen LogP contribution in [-0.2, 0) is 13.0 Å². The molecule has 0 spiro atoms. The molecule has 5 heteroatoms. The molecule has 2 aliphatic rings. The monoisotopic (exact) mass is 300 g/mol. The number of furan rings is 1. The van der Waals surface area contributed by atoms with Gasteiger partial charge in [0, 0.05) is 19.5 Å². The molecule has 5 nitrogen and oxygen atoms in total. The van der Waals surface area contributed by atoms with Crippen molar-refractivity contribution >= 4 is 5.95 Å². The molecule has 118 valence electrons. The van der Waals surface area contributed by atoms with E-state index in [9.17, 15) is 0 Å². The number of nitrogens with zero attached hydrogens (tertiary/aromatic N) is 4. The minimum atomic E-state index is 0.303. The summed E-state index contributed by atoms with van der Waals surface area (Å²) in [5, 5.41) is 9.02. The molecular weight excluding hydrogens is 276 g/mol. The van der Waals surface area contributed by atoms with Crippen LogP contribution in [0.2, 0.25) is 0 Å². The van der Waals surface area contributed by atoms with Crippen LogP contribution in [0.1, 0.15) is 56.0 Å². The molecule has 0 radical (unpaired) electrons. The van der Waals surface area contributed by atoms with Gasteiger partial charge in [0.25, 0.3) is 0 Å². The number of anilines is 1. The second-order valence-electron chi connectivity index (χ2n) is 6.61. The second kappa shape index (κ2) is 5.45. The fraction of sp³-hybridized carbons (Fsp3) is 0.647. The molecule has 0 amide bonds. The van der Waals surface area contributed by atoms with E-state index in [2.05, 4.69) is 38.7 Å². The molecule has 2 aromatic heterocycles. The average Bonchev–Trinajstić information content (AvgIpc) is 2.92. The first-order valence-electron chi connectivity index (χ1n) is 8.51. The van der Waals surface area contributed by atoms with Gasteiger partial charge < -0.3 is 9.32 Å². The third-order valence-electron chi connectivity index (χ3n) is 4.89. The lowest BCUT2D eigenvalue weighted by atomic mass is 10.2. The van der Waals surface area contributed by atoms with Gasteiger partial charge in [-0.25, -0.2) is 0 Å². The molecule has 0 N–H and O–H groups in total. The SMILES string of the molecule is CCn1c(CC2CC2)nnc1N1CCCC1c1ccc(C)o1. The zero-order valence-corrected chi connectivity index (χ0v) is 13.5. The first-order valence-corrected chi connectivity index (χ1v) is 8.51. The lowest BCUT2D eigenvalue weighted by molar-refractivity contribution is 0.442. The van der Waals surface area contributed by atoms with E-state index in [0.717, 1.165) is 55.1 Å². The Balaban J connectivity index is 1.63. The van der Waals surface area contributed by atoms with E-state index >= 15 is 0 Å². The Hall–Kier alpha value is -1.78. The van der Waals surface area contributed by atoms with Gasteiger partial charge in [0.05, 0.1) is 6.04 Å². The van der Waals surface area contributed by atoms with Gasteiger partial charge in [-0.15, -0.1) is 10.2 Å². The molecule has 0 bridgehead atoms. The second-order valence-corrected chi connectivity index (χ2v) is 6.61. The summed E-state index contributed by atoms with van der Waals surface area (Å²) in [5.41, 5.74) is 0. The van der Waals surface area contributed by atoms with Crippen molar-refractivity contribution in [2.45, 2.75) is 58.5 Å². The summed E-state index contributed by atoms with van der Waals surface area (Å²) >= 11 is 0. The summed E-state index contributed by atoms with van der Waals surface area (Å²) in [5.74, 6) is 5.05. The average molecular weight is 300 g/mol. The number of hydrogen-bond donors (Lipinski definition) is 0.